The van der Waals surface area contributed by atoms with Crippen LogP contribution in [0, 0.1) is 0 Å². The number of methoxy groups -OCH3 is 2. The number of fused-ring (bicyclic) bond motifs is 1. The molecule has 236 valence electrons. The number of thioether (sulfide) groups is 1. The minimum absolute atomic E-state index is 0.00364. The van der Waals surface area contributed by atoms with Crippen LogP contribution < -0.4 is 20.1 Å². The maximum absolute atomic E-state index is 9.82. The Morgan fingerprint density at radius 2 is 1.64 bits per heavy atom. The van der Waals surface area contributed by atoms with Gasteiger partial charge in [0.1, 0.15) is 5.82 Å². The number of anilines is 2. The zero-order valence-electron chi connectivity index (χ0n) is 26.6. The SMILES string of the molecule is C=CC(=CC/C=C(\C)C(CC)Nc1nc(NCc2ccccc2Sc2ccccc2CO)nc2cc(OC)c(OC)cc12)SC. The van der Waals surface area contributed by atoms with Gasteiger partial charge in [0.2, 0.25) is 5.95 Å². The quantitative estimate of drug-likeness (QED) is 0.0819. The molecular formula is C36H42N4O3S2. The minimum Gasteiger partial charge on any atom is -0.493 e. The number of benzene rings is 3. The molecule has 3 N–H and O–H groups in total. The second kappa shape index (κ2) is 17.0. The first-order valence-electron chi connectivity index (χ1n) is 14.9. The lowest BCUT2D eigenvalue weighted by Crippen LogP contribution is -2.21. The zero-order chi connectivity index (χ0) is 32.2. The molecule has 0 spiro atoms. The van der Waals surface area contributed by atoms with E-state index in [1.54, 1.807) is 37.7 Å². The Morgan fingerprint density at radius 3 is 2.29 bits per heavy atom. The fourth-order valence-electron chi connectivity index (χ4n) is 4.88. The van der Waals surface area contributed by atoms with Crippen molar-refractivity contribution in [3.63, 3.8) is 0 Å². The second-order valence-electron chi connectivity index (χ2n) is 10.3. The van der Waals surface area contributed by atoms with E-state index >= 15 is 0 Å². The van der Waals surface area contributed by atoms with Crippen LogP contribution in [-0.2, 0) is 13.2 Å². The van der Waals surface area contributed by atoms with Crippen LogP contribution in [0.4, 0.5) is 11.8 Å². The van der Waals surface area contributed by atoms with Crippen molar-refractivity contribution in [2.24, 2.45) is 0 Å². The first-order valence-corrected chi connectivity index (χ1v) is 16.9. The van der Waals surface area contributed by atoms with E-state index in [1.807, 2.05) is 54.6 Å². The largest absolute Gasteiger partial charge is 0.493 e. The van der Waals surface area contributed by atoms with Gasteiger partial charge in [-0.2, -0.15) is 4.98 Å². The normalized spacial score (nSPS) is 12.6. The molecule has 9 heteroatoms. The maximum Gasteiger partial charge on any atom is 0.225 e. The van der Waals surface area contributed by atoms with Gasteiger partial charge in [0.05, 0.1) is 26.3 Å². The zero-order valence-corrected chi connectivity index (χ0v) is 28.2. The number of nitrogens with one attached hydrogen (secondary N) is 2. The van der Waals surface area contributed by atoms with Crippen molar-refractivity contribution in [3.05, 3.63) is 107 Å². The van der Waals surface area contributed by atoms with Crippen LogP contribution in [-0.4, -0.2) is 41.6 Å². The number of aliphatic hydroxyl groups is 1. The van der Waals surface area contributed by atoms with E-state index in [2.05, 4.69) is 61.6 Å². The number of hydrogen-bond donors (Lipinski definition) is 3. The third-order valence-electron chi connectivity index (χ3n) is 7.44. The molecule has 0 saturated heterocycles. The summed E-state index contributed by atoms with van der Waals surface area (Å²) in [6.07, 6.45) is 10.1. The summed E-state index contributed by atoms with van der Waals surface area (Å²) >= 11 is 3.33. The monoisotopic (exact) mass is 642 g/mol. The molecule has 0 saturated carbocycles. The predicted octanol–water partition coefficient (Wildman–Crippen LogP) is 8.86. The van der Waals surface area contributed by atoms with Gasteiger partial charge < -0.3 is 25.2 Å². The van der Waals surface area contributed by atoms with Gasteiger partial charge >= 0.3 is 0 Å². The first kappa shape index (κ1) is 34.0. The van der Waals surface area contributed by atoms with Crippen LogP contribution in [0.5, 0.6) is 11.5 Å². The molecule has 3 aromatic carbocycles. The van der Waals surface area contributed by atoms with Gasteiger partial charge in [0.15, 0.2) is 11.5 Å². The molecule has 0 aliphatic heterocycles. The molecule has 1 unspecified atom stereocenters. The van der Waals surface area contributed by atoms with Crippen LogP contribution in [0.3, 0.4) is 0 Å². The van der Waals surface area contributed by atoms with Crippen molar-refractivity contribution >= 4 is 46.2 Å². The minimum atomic E-state index is -0.00364. The van der Waals surface area contributed by atoms with Crippen LogP contribution in [0.15, 0.2) is 106 Å². The summed E-state index contributed by atoms with van der Waals surface area (Å²) in [6, 6.07) is 20.0. The smallest absolute Gasteiger partial charge is 0.225 e. The Hall–Kier alpha value is -3.92. The van der Waals surface area contributed by atoms with E-state index < -0.39 is 0 Å². The standard InChI is InChI=1S/C36H42N4O3S2/c1-7-27(44-6)17-13-14-24(3)29(8-2)38-35-28-20-31(42-4)32(43-5)21-30(28)39-36(40-35)37-22-25-15-9-11-18-33(25)45-34-19-12-10-16-26(34)23-41/h7,9-12,14-21,29,41H,1,8,13,22-23H2,2-6H3,(H2,37,38,39,40)/b24-14+,27-17?. The van der Waals surface area contributed by atoms with Gasteiger partial charge in [0, 0.05) is 38.7 Å². The average Bonchev–Trinajstić information content (AvgIpc) is 3.08. The van der Waals surface area contributed by atoms with Crippen LogP contribution in [0.25, 0.3) is 10.9 Å². The topological polar surface area (TPSA) is 88.5 Å². The Balaban J connectivity index is 1.66. The highest BCUT2D eigenvalue weighted by Gasteiger charge is 2.17. The van der Waals surface area contributed by atoms with Gasteiger partial charge in [0.25, 0.3) is 0 Å². The third kappa shape index (κ3) is 8.84. The molecule has 1 aromatic heterocycles. The molecule has 0 bridgehead atoms. The van der Waals surface area contributed by atoms with E-state index in [0.29, 0.717) is 29.8 Å². The molecule has 4 rings (SSSR count). The fourth-order valence-corrected chi connectivity index (χ4v) is 6.37. The Morgan fingerprint density at radius 1 is 0.978 bits per heavy atom. The third-order valence-corrected chi connectivity index (χ3v) is 9.48. The summed E-state index contributed by atoms with van der Waals surface area (Å²) in [6.45, 7) is 8.72. The molecule has 0 aliphatic rings. The Labute approximate surface area is 275 Å². The van der Waals surface area contributed by atoms with Gasteiger partial charge in [-0.3, -0.25) is 0 Å². The molecule has 0 amide bonds. The van der Waals surface area contributed by atoms with E-state index in [-0.39, 0.29) is 12.6 Å². The summed E-state index contributed by atoms with van der Waals surface area (Å²) in [5.74, 6) is 2.44. The molecule has 1 atom stereocenters. The van der Waals surface area contributed by atoms with E-state index in [9.17, 15) is 5.11 Å². The van der Waals surface area contributed by atoms with Gasteiger partial charge in [-0.05, 0) is 55.3 Å². The number of hydrogen-bond acceptors (Lipinski definition) is 9. The maximum atomic E-state index is 9.82. The van der Waals surface area contributed by atoms with Crippen molar-refractivity contribution in [3.8, 4) is 11.5 Å². The Bertz CT molecular complexity index is 1670. The lowest BCUT2D eigenvalue weighted by molar-refractivity contribution is 0.279. The molecule has 1 heterocycles. The lowest BCUT2D eigenvalue weighted by Gasteiger charge is -2.21. The molecule has 4 aromatic rings. The first-order chi connectivity index (χ1) is 21.9. The lowest BCUT2D eigenvalue weighted by atomic mass is 10.0. The number of aromatic nitrogens is 2. The number of aliphatic hydroxyl groups excluding tert-OH is 1. The molecule has 0 radical (unpaired) electrons. The van der Waals surface area contributed by atoms with Crippen LogP contribution in [0.1, 0.15) is 37.8 Å². The Kier molecular flexibility index (Phi) is 12.8. The molecular weight excluding hydrogens is 601 g/mol. The van der Waals surface area contributed by atoms with E-state index in [1.165, 1.54) is 5.57 Å². The summed E-state index contributed by atoms with van der Waals surface area (Å²) in [5.41, 5.74) is 3.97. The van der Waals surface area contributed by atoms with Crippen LogP contribution >= 0.6 is 23.5 Å². The second-order valence-corrected chi connectivity index (χ2v) is 12.2. The van der Waals surface area contributed by atoms with Gasteiger partial charge in [-0.1, -0.05) is 85.5 Å². The number of rotatable bonds is 16. The van der Waals surface area contributed by atoms with Crippen molar-refractivity contribution in [1.29, 1.82) is 0 Å². The molecule has 7 nitrogen and oxygen atoms in total. The summed E-state index contributed by atoms with van der Waals surface area (Å²) in [4.78, 5) is 13.1. The van der Waals surface area contributed by atoms with Crippen molar-refractivity contribution in [2.75, 3.05) is 31.1 Å². The molecule has 0 aliphatic carbocycles. The summed E-state index contributed by atoms with van der Waals surface area (Å²) in [7, 11) is 3.25. The fraction of sp³-hybridized carbons (Fsp3) is 0.278. The summed E-state index contributed by atoms with van der Waals surface area (Å²) < 4.78 is 11.2. The van der Waals surface area contributed by atoms with Gasteiger partial charge in [-0.15, -0.1) is 11.8 Å². The number of nitrogens with zero attached hydrogens (tertiary/aromatic N) is 2. The highest BCUT2D eigenvalue weighted by molar-refractivity contribution is 8.02. The van der Waals surface area contributed by atoms with Crippen molar-refractivity contribution < 1.29 is 14.6 Å². The highest BCUT2D eigenvalue weighted by Crippen LogP contribution is 2.36. The highest BCUT2D eigenvalue weighted by atomic mass is 32.2. The van der Waals surface area contributed by atoms with Crippen molar-refractivity contribution in [1.82, 2.24) is 9.97 Å². The van der Waals surface area contributed by atoms with Crippen LogP contribution in [0.2, 0.25) is 0 Å². The van der Waals surface area contributed by atoms with Gasteiger partial charge in [-0.25, -0.2) is 4.98 Å². The number of ether oxygens (including phenoxy) is 2. The van der Waals surface area contributed by atoms with E-state index in [0.717, 1.165) is 49.6 Å². The molecule has 45 heavy (non-hydrogen) atoms. The van der Waals surface area contributed by atoms with E-state index in [4.69, 9.17) is 19.4 Å². The summed E-state index contributed by atoms with van der Waals surface area (Å²) in [5, 5.41) is 17.8. The molecule has 0 fully saturated rings. The number of allylic oxidation sites excluding steroid dienone is 3. The average molecular weight is 643 g/mol. The van der Waals surface area contributed by atoms with Crippen molar-refractivity contribution in [2.45, 2.75) is 55.7 Å². The predicted molar refractivity (Wildman–Crippen MR) is 191 cm³/mol.